The minimum absolute atomic E-state index is 0.0547. The van der Waals surface area contributed by atoms with Gasteiger partial charge in [0.25, 0.3) is 0 Å². The maximum Gasteiger partial charge on any atom is 0.0726 e. The van der Waals surface area contributed by atoms with Crippen LogP contribution in [-0.2, 0) is 6.61 Å². The molecule has 0 spiro atoms. The van der Waals surface area contributed by atoms with Crippen molar-refractivity contribution in [3.8, 4) is 0 Å². The molecule has 3 nitrogen and oxygen atoms in total. The molecule has 1 atom stereocenters. The highest BCUT2D eigenvalue weighted by Crippen LogP contribution is 2.17. The number of nitrogens with two attached hydrogens (primary N) is 1. The highest BCUT2D eigenvalue weighted by molar-refractivity contribution is 5.29. The van der Waals surface area contributed by atoms with E-state index in [2.05, 4.69) is 4.98 Å². The lowest BCUT2D eigenvalue weighted by Crippen LogP contribution is -2.13. The second kappa shape index (κ2) is 4.88. The van der Waals surface area contributed by atoms with E-state index in [1.807, 2.05) is 42.5 Å². The van der Waals surface area contributed by atoms with Crippen molar-refractivity contribution in [3.63, 3.8) is 0 Å². The molecule has 2 aromatic rings. The van der Waals surface area contributed by atoms with Gasteiger partial charge in [0.15, 0.2) is 0 Å². The Hall–Kier alpha value is -1.71. The summed E-state index contributed by atoms with van der Waals surface area (Å²) in [5.41, 5.74) is 8.81. The number of aliphatic hydroxyl groups excluding tert-OH is 1. The second-order valence-electron chi connectivity index (χ2n) is 3.63. The number of hydrogen-bond donors (Lipinski definition) is 2. The summed E-state index contributed by atoms with van der Waals surface area (Å²) in [6, 6.07) is 13.1. The molecule has 1 aromatic carbocycles. The van der Waals surface area contributed by atoms with Gasteiger partial charge < -0.3 is 10.8 Å². The lowest BCUT2D eigenvalue weighted by molar-refractivity contribution is 0.282. The van der Waals surface area contributed by atoms with Crippen LogP contribution in [0, 0.1) is 0 Å². The Morgan fingerprint density at radius 1 is 1.12 bits per heavy atom. The summed E-state index contributed by atoms with van der Waals surface area (Å²) in [7, 11) is 0. The SMILES string of the molecule is NC(c1ccc(CO)cc1)c1ccccn1. The van der Waals surface area contributed by atoms with Crippen molar-refractivity contribution in [2.45, 2.75) is 12.6 Å². The predicted molar refractivity (Wildman–Crippen MR) is 62.6 cm³/mol. The maximum absolute atomic E-state index is 8.94. The Kier molecular flexibility index (Phi) is 3.29. The molecule has 0 aliphatic carbocycles. The smallest absolute Gasteiger partial charge is 0.0726 e. The van der Waals surface area contributed by atoms with E-state index in [0.29, 0.717) is 0 Å². The van der Waals surface area contributed by atoms with Crippen LogP contribution in [0.3, 0.4) is 0 Å². The third kappa shape index (κ3) is 2.27. The van der Waals surface area contributed by atoms with E-state index in [9.17, 15) is 0 Å². The van der Waals surface area contributed by atoms with Gasteiger partial charge in [-0.1, -0.05) is 30.3 Å². The first-order valence-electron chi connectivity index (χ1n) is 5.17. The average molecular weight is 214 g/mol. The van der Waals surface area contributed by atoms with Gasteiger partial charge in [0.05, 0.1) is 18.3 Å². The van der Waals surface area contributed by atoms with Gasteiger partial charge in [-0.05, 0) is 23.3 Å². The van der Waals surface area contributed by atoms with Gasteiger partial charge in [-0.15, -0.1) is 0 Å². The molecule has 0 radical (unpaired) electrons. The van der Waals surface area contributed by atoms with Gasteiger partial charge in [-0.3, -0.25) is 4.98 Å². The van der Waals surface area contributed by atoms with E-state index in [1.165, 1.54) is 0 Å². The van der Waals surface area contributed by atoms with Crippen LogP contribution < -0.4 is 5.73 Å². The van der Waals surface area contributed by atoms with E-state index >= 15 is 0 Å². The number of aromatic nitrogens is 1. The first-order chi connectivity index (χ1) is 7.81. The third-order valence-electron chi connectivity index (χ3n) is 2.53. The molecule has 0 aliphatic heterocycles. The molecule has 1 aromatic heterocycles. The van der Waals surface area contributed by atoms with Crippen LogP contribution in [0.15, 0.2) is 48.7 Å². The average Bonchev–Trinajstić information content (AvgIpc) is 2.39. The summed E-state index contributed by atoms with van der Waals surface area (Å²) in [6.45, 7) is 0.0547. The quantitative estimate of drug-likeness (QED) is 0.816. The van der Waals surface area contributed by atoms with Crippen molar-refractivity contribution >= 4 is 0 Å². The third-order valence-corrected chi connectivity index (χ3v) is 2.53. The van der Waals surface area contributed by atoms with Crippen LogP contribution in [0.25, 0.3) is 0 Å². The summed E-state index contributed by atoms with van der Waals surface area (Å²) in [6.07, 6.45) is 1.73. The molecule has 2 rings (SSSR count). The Balaban J connectivity index is 2.24. The van der Waals surface area contributed by atoms with Gasteiger partial charge in [0.2, 0.25) is 0 Å². The zero-order chi connectivity index (χ0) is 11.4. The molecule has 82 valence electrons. The molecule has 1 unspecified atom stereocenters. The molecule has 0 amide bonds. The number of hydrogen-bond acceptors (Lipinski definition) is 3. The van der Waals surface area contributed by atoms with Crippen LogP contribution >= 0.6 is 0 Å². The molecular formula is C13H14N2O. The zero-order valence-corrected chi connectivity index (χ0v) is 8.88. The van der Waals surface area contributed by atoms with Crippen molar-refractivity contribution in [1.82, 2.24) is 4.98 Å². The molecule has 3 N–H and O–H groups in total. The van der Waals surface area contributed by atoms with Crippen molar-refractivity contribution in [1.29, 1.82) is 0 Å². The van der Waals surface area contributed by atoms with E-state index in [-0.39, 0.29) is 12.6 Å². The van der Waals surface area contributed by atoms with E-state index in [1.54, 1.807) is 6.20 Å². The molecule has 16 heavy (non-hydrogen) atoms. The predicted octanol–water partition coefficient (Wildman–Crippen LogP) is 1.62. The van der Waals surface area contributed by atoms with Crippen LogP contribution in [0.4, 0.5) is 0 Å². The first-order valence-corrected chi connectivity index (χ1v) is 5.17. The Morgan fingerprint density at radius 2 is 1.88 bits per heavy atom. The number of benzene rings is 1. The molecule has 0 aliphatic rings. The fourth-order valence-electron chi connectivity index (χ4n) is 1.56. The molecule has 0 fully saturated rings. The standard InChI is InChI=1S/C13H14N2O/c14-13(12-3-1-2-8-15-12)11-6-4-10(9-16)5-7-11/h1-8,13,16H,9,14H2. The molecule has 0 saturated carbocycles. The summed E-state index contributed by atoms with van der Waals surface area (Å²) in [5, 5.41) is 8.94. The minimum atomic E-state index is -0.214. The summed E-state index contributed by atoms with van der Waals surface area (Å²) < 4.78 is 0. The second-order valence-corrected chi connectivity index (χ2v) is 3.63. The van der Waals surface area contributed by atoms with Crippen molar-refractivity contribution in [2.75, 3.05) is 0 Å². The maximum atomic E-state index is 8.94. The van der Waals surface area contributed by atoms with Crippen LogP contribution in [0.1, 0.15) is 22.9 Å². The Morgan fingerprint density at radius 3 is 2.44 bits per heavy atom. The number of aliphatic hydroxyl groups is 1. The van der Waals surface area contributed by atoms with E-state index < -0.39 is 0 Å². The highest BCUT2D eigenvalue weighted by Gasteiger charge is 2.08. The summed E-state index contributed by atoms with van der Waals surface area (Å²) in [4.78, 5) is 4.22. The van der Waals surface area contributed by atoms with E-state index in [0.717, 1.165) is 16.8 Å². The monoisotopic (exact) mass is 214 g/mol. The van der Waals surface area contributed by atoms with Gasteiger partial charge in [0, 0.05) is 6.20 Å². The van der Waals surface area contributed by atoms with Crippen LogP contribution in [0.2, 0.25) is 0 Å². The van der Waals surface area contributed by atoms with Crippen LogP contribution in [-0.4, -0.2) is 10.1 Å². The summed E-state index contributed by atoms with van der Waals surface area (Å²) in [5.74, 6) is 0. The van der Waals surface area contributed by atoms with E-state index in [4.69, 9.17) is 10.8 Å². The lowest BCUT2D eigenvalue weighted by atomic mass is 10.0. The molecule has 3 heteroatoms. The number of pyridine rings is 1. The van der Waals surface area contributed by atoms with Gasteiger partial charge in [0.1, 0.15) is 0 Å². The number of nitrogens with zero attached hydrogens (tertiary/aromatic N) is 1. The fourth-order valence-corrected chi connectivity index (χ4v) is 1.56. The largest absolute Gasteiger partial charge is 0.392 e. The van der Waals surface area contributed by atoms with Gasteiger partial charge >= 0.3 is 0 Å². The zero-order valence-electron chi connectivity index (χ0n) is 8.88. The molecule has 0 bridgehead atoms. The van der Waals surface area contributed by atoms with Crippen molar-refractivity contribution in [3.05, 3.63) is 65.5 Å². The summed E-state index contributed by atoms with van der Waals surface area (Å²) >= 11 is 0. The normalized spacial score (nSPS) is 12.4. The van der Waals surface area contributed by atoms with Gasteiger partial charge in [-0.25, -0.2) is 0 Å². The topological polar surface area (TPSA) is 59.1 Å². The molecule has 1 heterocycles. The first kappa shape index (κ1) is 10.8. The van der Waals surface area contributed by atoms with Crippen molar-refractivity contribution in [2.24, 2.45) is 5.73 Å². The van der Waals surface area contributed by atoms with Gasteiger partial charge in [-0.2, -0.15) is 0 Å². The Labute approximate surface area is 94.6 Å². The highest BCUT2D eigenvalue weighted by atomic mass is 16.3. The van der Waals surface area contributed by atoms with Crippen molar-refractivity contribution < 1.29 is 5.11 Å². The minimum Gasteiger partial charge on any atom is -0.392 e. The lowest BCUT2D eigenvalue weighted by Gasteiger charge is -2.11. The molecular weight excluding hydrogens is 200 g/mol. The molecule has 0 saturated heterocycles. The Bertz CT molecular complexity index is 439. The fraction of sp³-hybridized carbons (Fsp3) is 0.154. The number of rotatable bonds is 3. The van der Waals surface area contributed by atoms with Crippen LogP contribution in [0.5, 0.6) is 0 Å².